The highest BCUT2D eigenvalue weighted by molar-refractivity contribution is 6.00. The number of hydrogen-bond donors (Lipinski definition) is 2. The predicted molar refractivity (Wildman–Crippen MR) is 62.5 cm³/mol. The number of ether oxygens (including phenoxy) is 1. The van der Waals surface area contributed by atoms with E-state index in [1.165, 1.54) is 0 Å². The van der Waals surface area contributed by atoms with Gasteiger partial charge in [-0.25, -0.2) is 10.2 Å². The quantitative estimate of drug-likeness (QED) is 0.596. The van der Waals surface area contributed by atoms with Gasteiger partial charge >= 0.3 is 6.03 Å². The van der Waals surface area contributed by atoms with Crippen molar-refractivity contribution in [3.05, 3.63) is 29.8 Å². The van der Waals surface area contributed by atoms with Crippen LogP contribution in [0.5, 0.6) is 5.75 Å². The van der Waals surface area contributed by atoms with Crippen molar-refractivity contribution in [3.8, 4) is 5.75 Å². The van der Waals surface area contributed by atoms with E-state index in [0.717, 1.165) is 17.0 Å². The first-order valence-electron chi connectivity index (χ1n) is 4.93. The molecule has 1 rings (SSSR count). The van der Waals surface area contributed by atoms with E-state index >= 15 is 0 Å². The highest BCUT2D eigenvalue weighted by Gasteiger charge is 2.02. The third-order valence-electron chi connectivity index (χ3n) is 2.06. The van der Waals surface area contributed by atoms with Gasteiger partial charge in [0.2, 0.25) is 0 Å². The molecular formula is C11H15N3O2. The SMILES string of the molecule is CC/C(=N/NC(N)=O)c1ccc(OC)cc1. The van der Waals surface area contributed by atoms with Crippen molar-refractivity contribution >= 4 is 11.7 Å². The molecule has 0 aliphatic heterocycles. The highest BCUT2D eigenvalue weighted by Crippen LogP contribution is 2.12. The monoisotopic (exact) mass is 221 g/mol. The second kappa shape index (κ2) is 5.75. The van der Waals surface area contributed by atoms with E-state index in [9.17, 15) is 4.79 Å². The molecule has 0 fully saturated rings. The fourth-order valence-electron chi connectivity index (χ4n) is 1.25. The lowest BCUT2D eigenvalue weighted by atomic mass is 10.1. The molecule has 0 unspecified atom stereocenters. The summed E-state index contributed by atoms with van der Waals surface area (Å²) in [6.07, 6.45) is 0.701. The molecule has 1 aromatic carbocycles. The predicted octanol–water partition coefficient (Wildman–Crippen LogP) is 1.48. The van der Waals surface area contributed by atoms with Crippen molar-refractivity contribution in [1.29, 1.82) is 0 Å². The molecule has 86 valence electrons. The van der Waals surface area contributed by atoms with Crippen LogP contribution in [0, 0.1) is 0 Å². The summed E-state index contributed by atoms with van der Waals surface area (Å²) in [7, 11) is 1.61. The Morgan fingerprint density at radius 3 is 2.50 bits per heavy atom. The number of hydrogen-bond acceptors (Lipinski definition) is 3. The van der Waals surface area contributed by atoms with Gasteiger partial charge in [0.25, 0.3) is 0 Å². The largest absolute Gasteiger partial charge is 0.497 e. The number of primary amides is 1. The van der Waals surface area contributed by atoms with Crippen LogP contribution in [0.2, 0.25) is 0 Å². The molecule has 0 saturated carbocycles. The smallest absolute Gasteiger partial charge is 0.332 e. The van der Waals surface area contributed by atoms with Crippen LogP contribution in [0.3, 0.4) is 0 Å². The molecule has 0 atom stereocenters. The number of nitrogens with zero attached hydrogens (tertiary/aromatic N) is 1. The average Bonchev–Trinajstić information content (AvgIpc) is 2.30. The lowest BCUT2D eigenvalue weighted by Crippen LogP contribution is -2.25. The van der Waals surface area contributed by atoms with Crippen molar-refractivity contribution in [2.24, 2.45) is 10.8 Å². The molecular weight excluding hydrogens is 206 g/mol. The third-order valence-corrected chi connectivity index (χ3v) is 2.06. The standard InChI is InChI=1S/C11H15N3O2/c1-3-10(13-14-11(12)15)8-4-6-9(16-2)7-5-8/h4-7H,3H2,1-2H3,(H3,12,14,15)/b13-10-. The van der Waals surface area contributed by atoms with Crippen LogP contribution in [0.4, 0.5) is 4.79 Å². The van der Waals surface area contributed by atoms with Gasteiger partial charge in [-0.2, -0.15) is 5.10 Å². The van der Waals surface area contributed by atoms with Gasteiger partial charge in [-0.15, -0.1) is 0 Å². The fraction of sp³-hybridized carbons (Fsp3) is 0.273. The average molecular weight is 221 g/mol. The number of hydrazone groups is 1. The van der Waals surface area contributed by atoms with Crippen molar-refractivity contribution < 1.29 is 9.53 Å². The summed E-state index contributed by atoms with van der Waals surface area (Å²) in [6, 6.07) is 6.77. The summed E-state index contributed by atoms with van der Waals surface area (Å²) in [6.45, 7) is 1.95. The van der Waals surface area contributed by atoms with Crippen LogP contribution in [0.25, 0.3) is 0 Å². The molecule has 0 spiro atoms. The van der Waals surface area contributed by atoms with Crippen molar-refractivity contribution in [1.82, 2.24) is 5.43 Å². The van der Waals surface area contributed by atoms with Crippen molar-refractivity contribution in [2.75, 3.05) is 7.11 Å². The molecule has 5 nitrogen and oxygen atoms in total. The number of methoxy groups -OCH3 is 1. The van der Waals surface area contributed by atoms with Gasteiger partial charge in [0.1, 0.15) is 5.75 Å². The first-order chi connectivity index (χ1) is 7.67. The second-order valence-corrected chi connectivity index (χ2v) is 3.12. The number of nitrogens with two attached hydrogens (primary N) is 1. The summed E-state index contributed by atoms with van der Waals surface area (Å²) in [5.41, 5.74) is 8.85. The zero-order chi connectivity index (χ0) is 12.0. The minimum Gasteiger partial charge on any atom is -0.497 e. The molecule has 0 aromatic heterocycles. The first-order valence-corrected chi connectivity index (χ1v) is 4.93. The van der Waals surface area contributed by atoms with E-state index in [2.05, 4.69) is 10.5 Å². The summed E-state index contributed by atoms with van der Waals surface area (Å²) in [4.78, 5) is 10.5. The minimum absolute atomic E-state index is 0.667. The molecule has 0 aliphatic rings. The second-order valence-electron chi connectivity index (χ2n) is 3.12. The minimum atomic E-state index is -0.667. The number of nitrogens with one attached hydrogen (secondary N) is 1. The van der Waals surface area contributed by atoms with Gasteiger partial charge in [0, 0.05) is 0 Å². The molecule has 0 heterocycles. The van der Waals surface area contributed by atoms with Crippen LogP contribution >= 0.6 is 0 Å². The van der Waals surface area contributed by atoms with Gasteiger partial charge in [0.15, 0.2) is 0 Å². The van der Waals surface area contributed by atoms with E-state index < -0.39 is 6.03 Å². The van der Waals surface area contributed by atoms with Gasteiger partial charge < -0.3 is 10.5 Å². The van der Waals surface area contributed by atoms with Crippen LogP contribution in [-0.4, -0.2) is 18.9 Å². The van der Waals surface area contributed by atoms with E-state index in [-0.39, 0.29) is 0 Å². The number of urea groups is 1. The Morgan fingerprint density at radius 1 is 1.44 bits per heavy atom. The molecule has 5 heteroatoms. The van der Waals surface area contributed by atoms with Gasteiger partial charge in [0.05, 0.1) is 12.8 Å². The first kappa shape index (κ1) is 12.0. The van der Waals surface area contributed by atoms with Gasteiger partial charge in [-0.3, -0.25) is 0 Å². The van der Waals surface area contributed by atoms with E-state index in [1.54, 1.807) is 7.11 Å². The molecule has 16 heavy (non-hydrogen) atoms. The van der Waals surface area contributed by atoms with Crippen molar-refractivity contribution in [2.45, 2.75) is 13.3 Å². The maximum atomic E-state index is 10.5. The van der Waals surface area contributed by atoms with Gasteiger partial charge in [-0.05, 0) is 36.2 Å². The molecule has 1 aromatic rings. The highest BCUT2D eigenvalue weighted by atomic mass is 16.5. The molecule has 0 saturated heterocycles. The maximum absolute atomic E-state index is 10.5. The lowest BCUT2D eigenvalue weighted by Gasteiger charge is -2.05. The van der Waals surface area contributed by atoms with Crippen LogP contribution in [0.15, 0.2) is 29.4 Å². The molecule has 0 bridgehead atoms. The lowest BCUT2D eigenvalue weighted by molar-refractivity contribution is 0.249. The molecule has 0 aliphatic carbocycles. The Labute approximate surface area is 94.3 Å². The summed E-state index contributed by atoms with van der Waals surface area (Å²) < 4.78 is 5.05. The number of benzene rings is 1. The number of carbonyl (C=O) groups is 1. The Kier molecular flexibility index (Phi) is 4.32. The zero-order valence-corrected chi connectivity index (χ0v) is 9.36. The Morgan fingerprint density at radius 2 is 2.06 bits per heavy atom. The van der Waals surface area contributed by atoms with Crippen LogP contribution < -0.4 is 15.9 Å². The third kappa shape index (κ3) is 3.27. The Bertz CT molecular complexity index is 385. The topological polar surface area (TPSA) is 76.7 Å². The summed E-state index contributed by atoms with van der Waals surface area (Å²) in [5, 5.41) is 3.92. The molecule has 2 amide bonds. The molecule has 0 radical (unpaired) electrons. The van der Waals surface area contributed by atoms with Crippen LogP contribution in [0.1, 0.15) is 18.9 Å². The molecule has 3 N–H and O–H groups in total. The normalized spacial score (nSPS) is 11.0. The summed E-state index contributed by atoms with van der Waals surface area (Å²) in [5.74, 6) is 0.780. The van der Waals surface area contributed by atoms with E-state index in [1.807, 2.05) is 31.2 Å². The number of carbonyl (C=O) groups excluding carboxylic acids is 1. The van der Waals surface area contributed by atoms with Gasteiger partial charge in [-0.1, -0.05) is 6.92 Å². The Balaban J connectivity index is 2.86. The summed E-state index contributed by atoms with van der Waals surface area (Å²) >= 11 is 0. The van der Waals surface area contributed by atoms with Crippen molar-refractivity contribution in [3.63, 3.8) is 0 Å². The maximum Gasteiger partial charge on any atom is 0.332 e. The Hall–Kier alpha value is -2.04. The number of rotatable bonds is 4. The van der Waals surface area contributed by atoms with Crippen LogP contribution in [-0.2, 0) is 0 Å². The van der Waals surface area contributed by atoms with E-state index in [0.29, 0.717) is 6.42 Å². The van der Waals surface area contributed by atoms with E-state index in [4.69, 9.17) is 10.5 Å². The fourth-order valence-corrected chi connectivity index (χ4v) is 1.25. The zero-order valence-electron chi connectivity index (χ0n) is 9.36. The number of amides is 2.